The van der Waals surface area contributed by atoms with Crippen molar-refractivity contribution in [3.63, 3.8) is 0 Å². The Morgan fingerprint density at radius 3 is 2.03 bits per heavy atom. The fourth-order valence-electron chi connectivity index (χ4n) is 7.48. The summed E-state index contributed by atoms with van der Waals surface area (Å²) in [5, 5.41) is 25.3. The second kappa shape index (κ2) is 22.0. The molecule has 3 amide bonds. The van der Waals surface area contributed by atoms with Crippen LogP contribution in [0.2, 0.25) is 0 Å². The molecule has 1 aromatic heterocycles. The Bertz CT molecular complexity index is 2110. The van der Waals surface area contributed by atoms with E-state index in [4.69, 9.17) is 5.11 Å². The van der Waals surface area contributed by atoms with Gasteiger partial charge in [0.25, 0.3) is 11.8 Å². The molecule has 1 aliphatic rings. The number of aromatic carboxylic acids is 1. The zero-order valence-electron chi connectivity index (χ0n) is 35.3. The average Bonchev–Trinajstić information content (AvgIpc) is 3.60. The topological polar surface area (TPSA) is 156 Å². The molecule has 0 fully saturated rings. The first-order valence-electron chi connectivity index (χ1n) is 20.7. The maximum absolute atomic E-state index is 14.0. The number of carboxylic acids is 2. The number of carbonyl (C=O) groups is 5. The lowest BCUT2D eigenvalue weighted by molar-refractivity contribution is -0.147. The number of aliphatic carboxylic acids is 1. The lowest BCUT2D eigenvalue weighted by Crippen LogP contribution is -2.41. The molecular formula is C47H59ClN4O7S. The van der Waals surface area contributed by atoms with Gasteiger partial charge in [-0.2, -0.15) is 0 Å². The van der Waals surface area contributed by atoms with Gasteiger partial charge in [-0.3, -0.25) is 24.1 Å². The number of halogens is 1. The van der Waals surface area contributed by atoms with Gasteiger partial charge in [0.1, 0.15) is 5.00 Å². The number of carboxylic acid groups (broad SMARTS) is 2. The highest BCUT2D eigenvalue weighted by Crippen LogP contribution is 2.39. The number of hydrogen-bond acceptors (Lipinski definition) is 7. The smallest absolute Gasteiger partial charge is 0.335 e. The lowest BCUT2D eigenvalue weighted by atomic mass is 9.88. The highest BCUT2D eigenvalue weighted by atomic mass is 35.5. The number of likely N-dealkylation sites (N-methyl/N-ethyl adjacent to an activating group) is 1. The van der Waals surface area contributed by atoms with Crippen LogP contribution in [0.4, 0.5) is 10.7 Å². The minimum atomic E-state index is -0.968. The number of carbonyl (C=O) groups excluding carboxylic acids is 3. The SMILES string of the molecule is CCC(CC)N(CCN(C)C(=O)CCC(C)(C)C(=O)O)Cc1cccc(C(=O)Nc2sc3c(c2C(=O)Nc2ccc(CCc4ccc(C(=O)O)cc4)cc2)CCCC3)c1.Cl. The predicted octanol–water partition coefficient (Wildman–Crippen LogP) is 9.38. The van der Waals surface area contributed by atoms with E-state index in [1.54, 1.807) is 44.0 Å². The first-order valence-corrected chi connectivity index (χ1v) is 21.5. The lowest BCUT2D eigenvalue weighted by Gasteiger charge is -2.32. The molecule has 0 radical (unpaired) electrons. The number of thiophene rings is 1. The van der Waals surface area contributed by atoms with Crippen molar-refractivity contribution in [2.24, 2.45) is 5.41 Å². The van der Waals surface area contributed by atoms with Crippen molar-refractivity contribution in [1.82, 2.24) is 9.80 Å². The summed E-state index contributed by atoms with van der Waals surface area (Å²) in [6.45, 7) is 9.26. The van der Waals surface area contributed by atoms with E-state index >= 15 is 0 Å². The number of amides is 3. The Morgan fingerprint density at radius 1 is 0.783 bits per heavy atom. The second-order valence-corrected chi connectivity index (χ2v) is 17.3. The molecule has 4 aromatic rings. The van der Waals surface area contributed by atoms with Crippen LogP contribution in [0.15, 0.2) is 72.8 Å². The van der Waals surface area contributed by atoms with Crippen molar-refractivity contribution in [2.45, 2.75) is 104 Å². The van der Waals surface area contributed by atoms with Crippen molar-refractivity contribution in [3.05, 3.63) is 117 Å². The van der Waals surface area contributed by atoms with Crippen LogP contribution in [0, 0.1) is 5.41 Å². The van der Waals surface area contributed by atoms with Crippen LogP contribution < -0.4 is 10.6 Å². The van der Waals surface area contributed by atoms with Crippen molar-refractivity contribution in [3.8, 4) is 0 Å². The highest BCUT2D eigenvalue weighted by Gasteiger charge is 2.29. The third-order valence-corrected chi connectivity index (χ3v) is 12.7. The fraction of sp³-hybridized carbons (Fsp3) is 0.426. The summed E-state index contributed by atoms with van der Waals surface area (Å²) in [6, 6.07) is 22.4. The third kappa shape index (κ3) is 12.7. The van der Waals surface area contributed by atoms with Gasteiger partial charge in [-0.1, -0.05) is 50.2 Å². The quantitative estimate of drug-likeness (QED) is 0.0685. The van der Waals surface area contributed by atoms with E-state index in [0.29, 0.717) is 41.4 Å². The summed E-state index contributed by atoms with van der Waals surface area (Å²) >= 11 is 1.48. The number of nitrogens with one attached hydrogen (secondary N) is 2. The summed E-state index contributed by atoms with van der Waals surface area (Å²) in [5.74, 6) is -2.49. The molecule has 5 rings (SSSR count). The van der Waals surface area contributed by atoms with E-state index in [1.165, 1.54) is 11.3 Å². The molecule has 1 heterocycles. The highest BCUT2D eigenvalue weighted by molar-refractivity contribution is 7.17. The van der Waals surface area contributed by atoms with Crippen LogP contribution in [0.3, 0.4) is 0 Å². The van der Waals surface area contributed by atoms with Gasteiger partial charge >= 0.3 is 11.9 Å². The predicted molar refractivity (Wildman–Crippen MR) is 241 cm³/mol. The molecular weight excluding hydrogens is 800 g/mol. The van der Waals surface area contributed by atoms with Gasteiger partial charge in [0.05, 0.1) is 16.5 Å². The summed E-state index contributed by atoms with van der Waals surface area (Å²) in [7, 11) is 1.76. The van der Waals surface area contributed by atoms with Gasteiger partial charge < -0.3 is 25.7 Å². The third-order valence-electron chi connectivity index (χ3n) is 11.5. The maximum Gasteiger partial charge on any atom is 0.335 e. The minimum absolute atomic E-state index is 0. The second-order valence-electron chi connectivity index (χ2n) is 16.2. The van der Waals surface area contributed by atoms with Crippen LogP contribution in [-0.2, 0) is 41.8 Å². The van der Waals surface area contributed by atoms with Crippen LogP contribution >= 0.6 is 23.7 Å². The molecule has 0 unspecified atom stereocenters. The van der Waals surface area contributed by atoms with E-state index in [-0.39, 0.29) is 54.6 Å². The van der Waals surface area contributed by atoms with Gasteiger partial charge in [-0.15, -0.1) is 23.7 Å². The molecule has 4 N–H and O–H groups in total. The van der Waals surface area contributed by atoms with Crippen LogP contribution in [-0.4, -0.2) is 75.9 Å². The Hall–Kier alpha value is -5.04. The fourth-order valence-corrected chi connectivity index (χ4v) is 8.76. The van der Waals surface area contributed by atoms with E-state index in [0.717, 1.165) is 78.5 Å². The number of aryl methyl sites for hydroxylation is 3. The van der Waals surface area contributed by atoms with Crippen molar-refractivity contribution < 1.29 is 34.2 Å². The maximum atomic E-state index is 14.0. The Kier molecular flexibility index (Phi) is 17.5. The van der Waals surface area contributed by atoms with E-state index < -0.39 is 17.4 Å². The molecule has 322 valence electrons. The van der Waals surface area contributed by atoms with Gasteiger partial charge in [0, 0.05) is 55.3 Å². The van der Waals surface area contributed by atoms with Crippen LogP contribution in [0.5, 0.6) is 0 Å². The zero-order chi connectivity index (χ0) is 42.7. The number of rotatable bonds is 20. The average molecular weight is 860 g/mol. The minimum Gasteiger partial charge on any atom is -0.481 e. The number of nitrogens with zero attached hydrogens (tertiary/aromatic N) is 2. The number of fused-ring (bicyclic) bond motifs is 1. The molecule has 13 heteroatoms. The van der Waals surface area contributed by atoms with Gasteiger partial charge in [0.15, 0.2) is 0 Å². The molecule has 0 saturated heterocycles. The molecule has 1 aliphatic carbocycles. The van der Waals surface area contributed by atoms with Gasteiger partial charge in [0.2, 0.25) is 5.91 Å². The molecule has 0 bridgehead atoms. The summed E-state index contributed by atoms with van der Waals surface area (Å²) in [4.78, 5) is 68.6. The molecule has 0 aliphatic heterocycles. The van der Waals surface area contributed by atoms with Crippen LogP contribution in [0.25, 0.3) is 0 Å². The summed E-state index contributed by atoms with van der Waals surface area (Å²) < 4.78 is 0. The van der Waals surface area contributed by atoms with E-state index in [2.05, 4.69) is 29.4 Å². The normalized spacial score (nSPS) is 12.4. The van der Waals surface area contributed by atoms with E-state index in [9.17, 15) is 29.1 Å². The molecule has 0 spiro atoms. The Labute approximate surface area is 364 Å². The molecule has 60 heavy (non-hydrogen) atoms. The zero-order valence-corrected chi connectivity index (χ0v) is 37.0. The first-order chi connectivity index (χ1) is 28.2. The molecule has 3 aromatic carbocycles. The summed E-state index contributed by atoms with van der Waals surface area (Å²) in [6.07, 6.45) is 7.46. The van der Waals surface area contributed by atoms with Crippen molar-refractivity contribution in [2.75, 3.05) is 30.8 Å². The molecule has 11 nitrogen and oxygen atoms in total. The molecule has 0 atom stereocenters. The van der Waals surface area contributed by atoms with Crippen molar-refractivity contribution in [1.29, 1.82) is 0 Å². The Morgan fingerprint density at radius 2 is 1.42 bits per heavy atom. The van der Waals surface area contributed by atoms with Gasteiger partial charge in [-0.05, 0) is 130 Å². The Balaban J connectivity index is 0.00000794. The largest absolute Gasteiger partial charge is 0.481 e. The molecule has 0 saturated carbocycles. The van der Waals surface area contributed by atoms with E-state index in [1.807, 2.05) is 54.6 Å². The number of benzene rings is 3. The number of hydrogen-bond donors (Lipinski definition) is 4. The van der Waals surface area contributed by atoms with Gasteiger partial charge in [-0.25, -0.2) is 4.79 Å². The standard InChI is InChI=1S/C47H58N4O7S.ClH/c1-6-37(7-2)51(28-27-50(5)40(52)25-26-47(3,4)46(57)58)30-33-11-10-12-35(29-33)42(53)49-44-41(38-13-8-9-14-39(38)59-44)43(54)48-36-23-19-32(20-24-36)16-15-31-17-21-34(22-18-31)45(55)56;/h10-12,17-24,29,37H,6-9,13-16,25-28,30H2,1-5H3,(H,48,54)(H,49,53)(H,55,56)(H,57,58);1H. The summed E-state index contributed by atoms with van der Waals surface area (Å²) in [5.41, 5.74) is 5.07. The van der Waals surface area contributed by atoms with Crippen LogP contribution in [0.1, 0.15) is 124 Å². The first kappa shape index (κ1) is 47.6. The monoisotopic (exact) mass is 858 g/mol. The number of anilines is 2. The van der Waals surface area contributed by atoms with Crippen molar-refractivity contribution >= 4 is 64.1 Å².